The number of carbonyl (C=O) groups is 1. The summed E-state index contributed by atoms with van der Waals surface area (Å²) < 4.78 is 6.66. The number of aryl methyl sites for hydroxylation is 1. The minimum Gasteiger partial charge on any atom is -0.491 e. The van der Waals surface area contributed by atoms with Crippen LogP contribution in [0.4, 0.5) is 5.69 Å². The fourth-order valence-electron chi connectivity index (χ4n) is 1.95. The van der Waals surface area contributed by atoms with E-state index in [9.17, 15) is 4.79 Å². The maximum absolute atomic E-state index is 12.4. The van der Waals surface area contributed by atoms with Crippen LogP contribution in [0.2, 0.25) is 0 Å². The molecule has 0 aliphatic rings. The Labute approximate surface area is 139 Å². The van der Waals surface area contributed by atoms with Gasteiger partial charge < -0.3 is 10.1 Å². The van der Waals surface area contributed by atoms with Crippen LogP contribution in [0, 0.1) is 6.92 Å². The molecule has 0 unspecified atom stereocenters. The quantitative estimate of drug-likeness (QED) is 0.719. The summed E-state index contributed by atoms with van der Waals surface area (Å²) in [7, 11) is 0. The van der Waals surface area contributed by atoms with Crippen molar-refractivity contribution in [1.29, 1.82) is 0 Å². The third-order valence-corrected chi connectivity index (χ3v) is 4.18. The molecule has 0 aromatic heterocycles. The Morgan fingerprint density at radius 1 is 1.23 bits per heavy atom. The fraction of sp³-hybridized carbons (Fsp3) is 0.278. The third kappa shape index (κ3) is 4.34. The van der Waals surface area contributed by atoms with Gasteiger partial charge in [-0.25, -0.2) is 0 Å². The smallest absolute Gasteiger partial charge is 0.255 e. The Morgan fingerprint density at radius 2 is 2.00 bits per heavy atom. The fourth-order valence-corrected chi connectivity index (χ4v) is 2.33. The summed E-state index contributed by atoms with van der Waals surface area (Å²) in [5.74, 6) is 0.558. The molecule has 3 nitrogen and oxygen atoms in total. The number of ether oxygens (including phenoxy) is 1. The predicted molar refractivity (Wildman–Crippen MR) is 93.7 cm³/mol. The van der Waals surface area contributed by atoms with E-state index < -0.39 is 0 Å². The molecule has 0 heterocycles. The molecule has 0 fully saturated rings. The molecule has 2 aromatic rings. The molecule has 0 aliphatic carbocycles. The van der Waals surface area contributed by atoms with E-state index in [0.29, 0.717) is 23.6 Å². The number of rotatable bonds is 6. The first-order chi connectivity index (χ1) is 10.6. The first-order valence-corrected chi connectivity index (χ1v) is 8.20. The molecule has 0 saturated carbocycles. The van der Waals surface area contributed by atoms with Gasteiger partial charge in [-0.1, -0.05) is 47.5 Å². The minimum absolute atomic E-state index is 0.146. The van der Waals surface area contributed by atoms with Crippen LogP contribution < -0.4 is 10.1 Å². The monoisotopic (exact) mass is 361 g/mol. The van der Waals surface area contributed by atoms with E-state index in [1.165, 1.54) is 0 Å². The van der Waals surface area contributed by atoms with Crippen LogP contribution in [-0.4, -0.2) is 12.5 Å². The van der Waals surface area contributed by atoms with Crippen LogP contribution in [-0.2, 0) is 0 Å². The summed E-state index contributed by atoms with van der Waals surface area (Å²) in [5, 5.41) is 2.92. The average molecular weight is 362 g/mol. The molecule has 2 rings (SSSR count). The molecule has 0 saturated heterocycles. The van der Waals surface area contributed by atoms with Gasteiger partial charge in [0.1, 0.15) is 5.75 Å². The van der Waals surface area contributed by atoms with E-state index in [2.05, 4.69) is 28.2 Å². The summed E-state index contributed by atoms with van der Waals surface area (Å²) in [5.41, 5.74) is 2.40. The number of benzene rings is 2. The molecule has 22 heavy (non-hydrogen) atoms. The van der Waals surface area contributed by atoms with Gasteiger partial charge in [0, 0.05) is 10.0 Å². The van der Waals surface area contributed by atoms with Crippen LogP contribution in [0.25, 0.3) is 0 Å². The van der Waals surface area contributed by atoms with Gasteiger partial charge in [-0.15, -0.1) is 0 Å². The van der Waals surface area contributed by atoms with Crippen molar-refractivity contribution in [2.45, 2.75) is 26.7 Å². The van der Waals surface area contributed by atoms with Crippen molar-refractivity contribution in [2.75, 3.05) is 11.9 Å². The topological polar surface area (TPSA) is 38.3 Å². The Balaban J connectivity index is 2.12. The standard InChI is InChI=1S/C18H20BrNO2/c1-3-4-11-22-17-8-6-5-7-16(17)20-18(21)14-10-9-13(2)15(19)12-14/h5-10,12H,3-4,11H2,1-2H3,(H,20,21). The molecule has 0 aliphatic heterocycles. The largest absolute Gasteiger partial charge is 0.491 e. The minimum atomic E-state index is -0.146. The number of nitrogens with one attached hydrogen (secondary N) is 1. The Kier molecular flexibility index (Phi) is 6.01. The molecule has 1 N–H and O–H groups in total. The van der Waals surface area contributed by atoms with E-state index in [1.54, 1.807) is 0 Å². The molecule has 0 atom stereocenters. The lowest BCUT2D eigenvalue weighted by molar-refractivity contribution is 0.102. The van der Waals surface area contributed by atoms with Gasteiger partial charge in [-0.2, -0.15) is 0 Å². The molecule has 116 valence electrons. The van der Waals surface area contributed by atoms with Crippen molar-refractivity contribution >= 4 is 27.5 Å². The maximum Gasteiger partial charge on any atom is 0.255 e. The summed E-state index contributed by atoms with van der Waals surface area (Å²) >= 11 is 3.45. The highest BCUT2D eigenvalue weighted by Crippen LogP contribution is 2.25. The number of carbonyl (C=O) groups excluding carboxylic acids is 1. The second-order valence-corrected chi connectivity index (χ2v) is 5.97. The average Bonchev–Trinajstić information content (AvgIpc) is 2.52. The first kappa shape index (κ1) is 16.6. The Morgan fingerprint density at radius 3 is 2.73 bits per heavy atom. The number of hydrogen-bond donors (Lipinski definition) is 1. The van der Waals surface area contributed by atoms with E-state index in [-0.39, 0.29) is 5.91 Å². The van der Waals surface area contributed by atoms with Crippen LogP contribution in [0.15, 0.2) is 46.9 Å². The molecule has 1 amide bonds. The van der Waals surface area contributed by atoms with Gasteiger partial charge in [-0.3, -0.25) is 4.79 Å². The lowest BCUT2D eigenvalue weighted by atomic mass is 10.1. The van der Waals surface area contributed by atoms with Gasteiger partial charge >= 0.3 is 0 Å². The van der Waals surface area contributed by atoms with Crippen molar-refractivity contribution < 1.29 is 9.53 Å². The number of hydrogen-bond acceptors (Lipinski definition) is 2. The van der Waals surface area contributed by atoms with Crippen molar-refractivity contribution in [2.24, 2.45) is 0 Å². The lowest BCUT2D eigenvalue weighted by Crippen LogP contribution is -2.13. The van der Waals surface area contributed by atoms with Gasteiger partial charge in [-0.05, 0) is 43.2 Å². The SMILES string of the molecule is CCCCOc1ccccc1NC(=O)c1ccc(C)c(Br)c1. The Hall–Kier alpha value is -1.81. The van der Waals surface area contributed by atoms with Crippen molar-refractivity contribution in [3.05, 3.63) is 58.1 Å². The summed E-state index contributed by atoms with van der Waals surface area (Å²) in [6.45, 7) is 4.76. The molecular weight excluding hydrogens is 342 g/mol. The third-order valence-electron chi connectivity index (χ3n) is 3.32. The number of amides is 1. The summed E-state index contributed by atoms with van der Waals surface area (Å²) in [6.07, 6.45) is 2.07. The molecular formula is C18H20BrNO2. The number of unbranched alkanes of at least 4 members (excludes halogenated alkanes) is 1. The van der Waals surface area contributed by atoms with E-state index in [1.807, 2.05) is 49.4 Å². The molecule has 4 heteroatoms. The molecule has 0 radical (unpaired) electrons. The highest BCUT2D eigenvalue weighted by molar-refractivity contribution is 9.10. The van der Waals surface area contributed by atoms with E-state index in [0.717, 1.165) is 22.9 Å². The van der Waals surface area contributed by atoms with Crippen LogP contribution in [0.5, 0.6) is 5.75 Å². The molecule has 0 spiro atoms. The second-order valence-electron chi connectivity index (χ2n) is 5.12. The second kappa shape index (κ2) is 7.99. The molecule has 2 aromatic carbocycles. The van der Waals surface area contributed by atoms with Gasteiger partial charge in [0.25, 0.3) is 5.91 Å². The summed E-state index contributed by atoms with van der Waals surface area (Å²) in [6, 6.07) is 13.1. The lowest BCUT2D eigenvalue weighted by Gasteiger charge is -2.12. The summed E-state index contributed by atoms with van der Waals surface area (Å²) in [4.78, 5) is 12.4. The van der Waals surface area contributed by atoms with Crippen LogP contribution >= 0.6 is 15.9 Å². The van der Waals surface area contributed by atoms with Crippen molar-refractivity contribution in [3.63, 3.8) is 0 Å². The zero-order chi connectivity index (χ0) is 15.9. The zero-order valence-corrected chi connectivity index (χ0v) is 14.4. The Bertz CT molecular complexity index is 655. The number of halogens is 1. The van der Waals surface area contributed by atoms with E-state index >= 15 is 0 Å². The van der Waals surface area contributed by atoms with Crippen molar-refractivity contribution in [3.8, 4) is 5.75 Å². The van der Waals surface area contributed by atoms with Gasteiger partial charge in [0.15, 0.2) is 0 Å². The number of para-hydroxylation sites is 2. The predicted octanol–water partition coefficient (Wildman–Crippen LogP) is 5.19. The van der Waals surface area contributed by atoms with Crippen LogP contribution in [0.1, 0.15) is 35.7 Å². The van der Waals surface area contributed by atoms with Crippen LogP contribution in [0.3, 0.4) is 0 Å². The normalized spacial score (nSPS) is 10.3. The number of anilines is 1. The highest BCUT2D eigenvalue weighted by atomic mass is 79.9. The first-order valence-electron chi connectivity index (χ1n) is 7.41. The van der Waals surface area contributed by atoms with E-state index in [4.69, 9.17) is 4.74 Å². The maximum atomic E-state index is 12.4. The van der Waals surface area contributed by atoms with Crippen molar-refractivity contribution in [1.82, 2.24) is 0 Å². The van der Waals surface area contributed by atoms with Gasteiger partial charge in [0.2, 0.25) is 0 Å². The van der Waals surface area contributed by atoms with Gasteiger partial charge in [0.05, 0.1) is 12.3 Å². The highest BCUT2D eigenvalue weighted by Gasteiger charge is 2.10. The zero-order valence-electron chi connectivity index (χ0n) is 12.9. The molecule has 0 bridgehead atoms.